The van der Waals surface area contributed by atoms with Crippen LogP contribution in [0.25, 0.3) is 0 Å². The van der Waals surface area contributed by atoms with E-state index in [-0.39, 0.29) is 0 Å². The van der Waals surface area contributed by atoms with E-state index in [0.717, 1.165) is 11.8 Å². The first kappa shape index (κ1) is 18.3. The quantitative estimate of drug-likeness (QED) is 0.440. The molecule has 22 heavy (non-hydrogen) atoms. The fraction of sp³-hybridized carbons (Fsp3) is 1.00. The lowest BCUT2D eigenvalue weighted by Gasteiger charge is -2.32. The highest BCUT2D eigenvalue weighted by molar-refractivity contribution is 4.80. The number of unbranched alkanes of at least 4 members (excludes halogenated alkanes) is 3. The Morgan fingerprint density at radius 3 is 1.95 bits per heavy atom. The van der Waals surface area contributed by atoms with Crippen LogP contribution in [0.4, 0.5) is 0 Å². The average molecular weight is 311 g/mol. The number of likely N-dealkylation sites (tertiary alicyclic amines) is 1. The normalized spacial score (nSPS) is 27.8. The van der Waals surface area contributed by atoms with Gasteiger partial charge in [-0.15, -0.1) is 0 Å². The van der Waals surface area contributed by atoms with E-state index in [0.29, 0.717) is 0 Å². The Balaban J connectivity index is 1.59. The number of nitrogens with zero attached hydrogens (tertiary/aromatic N) is 2. The van der Waals surface area contributed by atoms with Crippen molar-refractivity contribution in [1.82, 2.24) is 0 Å². The Bertz CT molecular complexity index is 308. The third-order valence-electron chi connectivity index (χ3n) is 7.09. The summed E-state index contributed by atoms with van der Waals surface area (Å²) in [5.74, 6) is 2.15. The van der Waals surface area contributed by atoms with Crippen LogP contribution in [0, 0.1) is 11.8 Å². The Labute approximate surface area is 140 Å². The molecule has 0 spiro atoms. The molecule has 0 N–H and O–H groups in total. The van der Waals surface area contributed by atoms with Crippen molar-refractivity contribution in [2.45, 2.75) is 65.2 Å². The molecule has 2 atom stereocenters. The molecule has 0 aromatic rings. The standard InChI is InChI=1S/C20H42N2/c1-5-21(3,6-2)15-11-7-8-12-16-22(4)17-19-13-9-10-14-20(19)18-22/h19-20H,5-18H2,1-4H3/q+2/t19-,20-/m1/s1. The van der Waals surface area contributed by atoms with Crippen LogP contribution in [-0.4, -0.2) is 62.3 Å². The first-order valence-electron chi connectivity index (χ1n) is 10.2. The van der Waals surface area contributed by atoms with Gasteiger partial charge in [0.15, 0.2) is 0 Å². The molecular weight excluding hydrogens is 268 g/mol. The number of rotatable bonds is 9. The molecule has 0 unspecified atom stereocenters. The highest BCUT2D eigenvalue weighted by Crippen LogP contribution is 2.39. The van der Waals surface area contributed by atoms with Crippen LogP contribution in [0.15, 0.2) is 0 Å². The maximum absolute atomic E-state index is 2.54. The molecule has 130 valence electrons. The summed E-state index contributed by atoms with van der Waals surface area (Å²) < 4.78 is 2.66. The van der Waals surface area contributed by atoms with E-state index in [4.69, 9.17) is 0 Å². The van der Waals surface area contributed by atoms with Crippen LogP contribution in [0.5, 0.6) is 0 Å². The summed E-state index contributed by atoms with van der Waals surface area (Å²) in [5.41, 5.74) is 0. The highest BCUT2D eigenvalue weighted by Gasteiger charge is 2.42. The Morgan fingerprint density at radius 2 is 1.41 bits per heavy atom. The Kier molecular flexibility index (Phi) is 6.76. The van der Waals surface area contributed by atoms with Crippen LogP contribution in [-0.2, 0) is 0 Å². The molecular formula is C20H42N2+2. The summed E-state index contributed by atoms with van der Waals surface area (Å²) in [4.78, 5) is 0. The molecule has 0 bridgehead atoms. The van der Waals surface area contributed by atoms with E-state index >= 15 is 0 Å². The zero-order valence-corrected chi connectivity index (χ0v) is 15.9. The minimum Gasteiger partial charge on any atom is -0.327 e. The van der Waals surface area contributed by atoms with Crippen LogP contribution in [0.2, 0.25) is 0 Å². The van der Waals surface area contributed by atoms with Crippen molar-refractivity contribution in [3.8, 4) is 0 Å². The topological polar surface area (TPSA) is 0 Å². The fourth-order valence-corrected chi connectivity index (χ4v) is 5.04. The monoisotopic (exact) mass is 310 g/mol. The number of fused-ring (bicyclic) bond motifs is 1. The lowest BCUT2D eigenvalue weighted by atomic mass is 9.82. The number of hydrogen-bond donors (Lipinski definition) is 0. The van der Waals surface area contributed by atoms with Gasteiger partial charge >= 0.3 is 0 Å². The third-order valence-corrected chi connectivity index (χ3v) is 7.09. The molecule has 2 rings (SSSR count). The maximum atomic E-state index is 2.54. The third kappa shape index (κ3) is 4.96. The van der Waals surface area contributed by atoms with Crippen molar-refractivity contribution in [1.29, 1.82) is 0 Å². The van der Waals surface area contributed by atoms with E-state index < -0.39 is 0 Å². The predicted octanol–water partition coefficient (Wildman–Crippen LogP) is 4.30. The largest absolute Gasteiger partial charge is 0.327 e. The Hall–Kier alpha value is -0.0800. The van der Waals surface area contributed by atoms with Gasteiger partial charge in [-0.05, 0) is 52.4 Å². The van der Waals surface area contributed by atoms with Gasteiger partial charge in [0.05, 0.1) is 53.4 Å². The van der Waals surface area contributed by atoms with Crippen LogP contribution in [0.1, 0.15) is 65.2 Å². The minimum atomic E-state index is 1.07. The molecule has 2 heteroatoms. The highest BCUT2D eigenvalue weighted by atomic mass is 15.4. The van der Waals surface area contributed by atoms with Gasteiger partial charge in [0.1, 0.15) is 0 Å². The molecule has 0 radical (unpaired) electrons. The van der Waals surface area contributed by atoms with Gasteiger partial charge in [-0.2, -0.15) is 0 Å². The Morgan fingerprint density at radius 1 is 0.864 bits per heavy atom. The lowest BCUT2D eigenvalue weighted by Crippen LogP contribution is -2.44. The summed E-state index contributed by atoms with van der Waals surface area (Å²) >= 11 is 0. The molecule has 0 aromatic carbocycles. The van der Waals surface area contributed by atoms with E-state index in [1.54, 1.807) is 0 Å². The van der Waals surface area contributed by atoms with Gasteiger partial charge in [-0.3, -0.25) is 0 Å². The van der Waals surface area contributed by atoms with Gasteiger partial charge < -0.3 is 8.97 Å². The van der Waals surface area contributed by atoms with Gasteiger partial charge in [-0.25, -0.2) is 0 Å². The van der Waals surface area contributed by atoms with Gasteiger partial charge in [0.25, 0.3) is 0 Å². The summed E-state index contributed by atoms with van der Waals surface area (Å²) in [6.45, 7) is 13.0. The summed E-state index contributed by atoms with van der Waals surface area (Å²) in [6.07, 6.45) is 11.9. The zero-order chi connectivity index (χ0) is 16.1. The van der Waals surface area contributed by atoms with Crippen molar-refractivity contribution in [3.05, 3.63) is 0 Å². The van der Waals surface area contributed by atoms with Crippen molar-refractivity contribution in [2.24, 2.45) is 11.8 Å². The van der Waals surface area contributed by atoms with Crippen molar-refractivity contribution >= 4 is 0 Å². The second-order valence-electron chi connectivity index (χ2n) is 8.90. The predicted molar refractivity (Wildman–Crippen MR) is 96.8 cm³/mol. The molecule has 1 aliphatic heterocycles. The molecule has 2 aliphatic rings. The smallest absolute Gasteiger partial charge is 0.0818 e. The van der Waals surface area contributed by atoms with E-state index in [2.05, 4.69) is 27.9 Å². The lowest BCUT2D eigenvalue weighted by molar-refractivity contribution is -0.906. The van der Waals surface area contributed by atoms with Gasteiger partial charge in [0.2, 0.25) is 0 Å². The van der Waals surface area contributed by atoms with Crippen LogP contribution >= 0.6 is 0 Å². The summed E-state index contributed by atoms with van der Waals surface area (Å²) in [7, 11) is 4.96. The van der Waals surface area contributed by atoms with Gasteiger partial charge in [-0.1, -0.05) is 12.8 Å². The SMILES string of the molecule is CC[N+](C)(CC)CCCCCC[N+]1(C)C[C@H]2CCCC[C@@H]2C1. The molecule has 2 nitrogen and oxygen atoms in total. The van der Waals surface area contributed by atoms with E-state index in [1.165, 1.54) is 99.6 Å². The number of hydrogen-bond acceptors (Lipinski definition) is 0. The fourth-order valence-electron chi connectivity index (χ4n) is 5.04. The van der Waals surface area contributed by atoms with Crippen molar-refractivity contribution in [2.75, 3.05) is 53.4 Å². The number of quaternary nitrogens is 2. The average Bonchev–Trinajstić information content (AvgIpc) is 2.86. The van der Waals surface area contributed by atoms with Crippen LogP contribution in [0.3, 0.4) is 0 Å². The molecule has 0 aromatic heterocycles. The van der Waals surface area contributed by atoms with E-state index in [1.807, 2.05) is 0 Å². The first-order chi connectivity index (χ1) is 10.5. The van der Waals surface area contributed by atoms with Crippen LogP contribution < -0.4 is 0 Å². The second kappa shape index (κ2) is 8.15. The molecule has 0 amide bonds. The van der Waals surface area contributed by atoms with Gasteiger partial charge in [0, 0.05) is 11.8 Å². The molecule has 1 aliphatic carbocycles. The minimum absolute atomic E-state index is 1.07. The first-order valence-corrected chi connectivity index (χ1v) is 10.2. The van der Waals surface area contributed by atoms with Crippen molar-refractivity contribution < 1.29 is 8.97 Å². The molecule has 1 heterocycles. The molecule has 1 saturated carbocycles. The summed E-state index contributed by atoms with van der Waals surface area (Å²) in [6, 6.07) is 0. The molecule has 1 saturated heterocycles. The molecule has 2 fully saturated rings. The second-order valence-corrected chi connectivity index (χ2v) is 8.90. The summed E-state index contributed by atoms with van der Waals surface area (Å²) in [5, 5.41) is 0. The van der Waals surface area contributed by atoms with Crippen molar-refractivity contribution in [3.63, 3.8) is 0 Å². The zero-order valence-electron chi connectivity index (χ0n) is 15.9. The van der Waals surface area contributed by atoms with E-state index in [9.17, 15) is 0 Å². The maximum Gasteiger partial charge on any atom is 0.0818 e.